The minimum atomic E-state index is -0.254. The molecule has 2 bridgehead atoms. The number of alkyl halides is 1. The van der Waals surface area contributed by atoms with Gasteiger partial charge in [-0.05, 0) is 49.9 Å². The smallest absolute Gasteiger partial charge is 0.136 e. The van der Waals surface area contributed by atoms with Crippen molar-refractivity contribution in [1.29, 1.82) is 0 Å². The number of carbonyl (C=O) groups excluding carboxylic acids is 1. The Kier molecular flexibility index (Phi) is 2.56. The molecule has 2 nitrogen and oxygen atoms in total. The molecule has 3 rings (SSSR count). The number of aliphatic hydroxyl groups excluding tert-OH is 1. The summed E-state index contributed by atoms with van der Waals surface area (Å²) in [4.78, 5) is 12.0. The molecule has 7 atom stereocenters. The molecule has 1 N–H and O–H groups in total. The number of aliphatic hydroxyl groups is 1. The van der Waals surface area contributed by atoms with E-state index in [0.717, 1.165) is 12.8 Å². The van der Waals surface area contributed by atoms with Gasteiger partial charge >= 0.3 is 0 Å². The Morgan fingerprint density at radius 2 is 2.00 bits per heavy atom. The van der Waals surface area contributed by atoms with E-state index in [4.69, 9.17) is 11.6 Å². The van der Waals surface area contributed by atoms with Gasteiger partial charge in [-0.3, -0.25) is 4.79 Å². The molecule has 0 saturated heterocycles. The number of halogens is 1. The van der Waals surface area contributed by atoms with Crippen LogP contribution >= 0.6 is 11.6 Å². The average molecular weight is 243 g/mol. The summed E-state index contributed by atoms with van der Waals surface area (Å²) in [7, 11) is 0. The van der Waals surface area contributed by atoms with Crippen molar-refractivity contribution < 1.29 is 9.90 Å². The number of carbonyl (C=O) groups is 1. The lowest BCUT2D eigenvalue weighted by molar-refractivity contribution is -0.133. The van der Waals surface area contributed by atoms with E-state index in [0.29, 0.717) is 36.4 Å². The Morgan fingerprint density at radius 1 is 1.31 bits per heavy atom. The van der Waals surface area contributed by atoms with E-state index in [1.165, 1.54) is 0 Å². The van der Waals surface area contributed by atoms with Crippen LogP contribution < -0.4 is 0 Å². The van der Waals surface area contributed by atoms with Crippen molar-refractivity contribution in [2.75, 3.05) is 0 Å². The Morgan fingerprint density at radius 3 is 2.62 bits per heavy atom. The highest BCUT2D eigenvalue weighted by molar-refractivity contribution is 6.20. The first-order chi connectivity index (χ1) is 7.61. The van der Waals surface area contributed by atoms with Gasteiger partial charge in [0.25, 0.3) is 0 Å². The highest BCUT2D eigenvalue weighted by atomic mass is 35.5. The molecule has 0 radical (unpaired) electrons. The summed E-state index contributed by atoms with van der Waals surface area (Å²) in [5.74, 6) is 2.18. The lowest BCUT2D eigenvalue weighted by atomic mass is 9.69. The third kappa shape index (κ3) is 1.32. The van der Waals surface area contributed by atoms with Crippen LogP contribution in [0.1, 0.15) is 32.6 Å². The summed E-state index contributed by atoms with van der Waals surface area (Å²) in [5.41, 5.74) is 0. The summed E-state index contributed by atoms with van der Waals surface area (Å²) in [6.07, 6.45) is 3.31. The molecule has 0 spiro atoms. The van der Waals surface area contributed by atoms with Gasteiger partial charge in [-0.25, -0.2) is 0 Å². The first-order valence-corrected chi connectivity index (χ1v) is 6.89. The predicted octanol–water partition coefficient (Wildman–Crippen LogP) is 2.23. The third-order valence-corrected chi connectivity index (χ3v) is 5.52. The maximum atomic E-state index is 12.0. The normalized spacial score (nSPS) is 52.8. The van der Waals surface area contributed by atoms with Crippen LogP contribution in [0.15, 0.2) is 0 Å². The van der Waals surface area contributed by atoms with Gasteiger partial charge in [-0.1, -0.05) is 0 Å². The van der Waals surface area contributed by atoms with Gasteiger partial charge in [0.1, 0.15) is 5.78 Å². The number of Topliss-reactive ketones (excluding diaryl/α,β-unsaturated/α-hetero) is 1. The van der Waals surface area contributed by atoms with Crippen molar-refractivity contribution in [1.82, 2.24) is 0 Å². The molecule has 16 heavy (non-hydrogen) atoms. The fourth-order valence-corrected chi connectivity index (χ4v) is 5.19. The lowest BCUT2D eigenvalue weighted by Crippen LogP contribution is -2.41. The molecule has 0 heterocycles. The SMILES string of the molecule is CC(Cl)[C@H]1[C@@H]2CC[C@H]1[C@H]1[C@@H]2C(=O)CC[C@H]1O. The summed E-state index contributed by atoms with van der Waals surface area (Å²) in [5, 5.41) is 10.3. The van der Waals surface area contributed by atoms with Gasteiger partial charge in [0.15, 0.2) is 0 Å². The molecule has 90 valence electrons. The van der Waals surface area contributed by atoms with Crippen LogP contribution in [0.2, 0.25) is 0 Å². The van der Waals surface area contributed by atoms with Crippen molar-refractivity contribution in [3.8, 4) is 0 Å². The highest BCUT2D eigenvalue weighted by Gasteiger charge is 2.60. The zero-order valence-corrected chi connectivity index (χ0v) is 10.4. The van der Waals surface area contributed by atoms with Crippen molar-refractivity contribution in [2.45, 2.75) is 44.1 Å². The zero-order valence-electron chi connectivity index (χ0n) is 9.60. The molecule has 0 amide bonds. The number of hydrogen-bond acceptors (Lipinski definition) is 2. The largest absolute Gasteiger partial charge is 0.393 e. The molecule has 1 unspecified atom stereocenters. The second kappa shape index (κ2) is 3.71. The van der Waals surface area contributed by atoms with Gasteiger partial charge in [0.2, 0.25) is 0 Å². The predicted molar refractivity (Wildman–Crippen MR) is 62.2 cm³/mol. The topological polar surface area (TPSA) is 37.3 Å². The first kappa shape index (κ1) is 11.0. The van der Waals surface area contributed by atoms with Crippen LogP contribution in [0.3, 0.4) is 0 Å². The molecular weight excluding hydrogens is 224 g/mol. The van der Waals surface area contributed by atoms with Gasteiger partial charge < -0.3 is 5.11 Å². The van der Waals surface area contributed by atoms with Crippen LogP contribution in [0.25, 0.3) is 0 Å². The van der Waals surface area contributed by atoms with E-state index in [-0.39, 0.29) is 23.3 Å². The fourth-order valence-electron chi connectivity index (χ4n) is 4.82. The Balaban J connectivity index is 1.94. The van der Waals surface area contributed by atoms with E-state index in [2.05, 4.69) is 0 Å². The lowest BCUT2D eigenvalue weighted by Gasteiger charge is -2.37. The molecule has 3 heteroatoms. The standard InChI is InChI=1S/C13H19ClO2/c1-6(14)11-7-2-3-8(11)13-10(16)5-4-9(15)12(7)13/h6-9,11-13,15H,2-5H2,1H3/t6?,7-,8+,9-,11-,12-,13+/m1/s1. The van der Waals surface area contributed by atoms with E-state index in [1.54, 1.807) is 0 Å². The Labute approximate surface area is 101 Å². The van der Waals surface area contributed by atoms with Gasteiger partial charge in [-0.15, -0.1) is 11.6 Å². The second-order valence-corrected chi connectivity index (χ2v) is 6.52. The average Bonchev–Trinajstić information content (AvgIpc) is 2.79. The molecule has 0 aliphatic heterocycles. The van der Waals surface area contributed by atoms with Crippen molar-refractivity contribution in [3.63, 3.8) is 0 Å². The van der Waals surface area contributed by atoms with Crippen LogP contribution in [0.5, 0.6) is 0 Å². The van der Waals surface area contributed by atoms with Gasteiger partial charge in [0, 0.05) is 17.7 Å². The van der Waals surface area contributed by atoms with Crippen LogP contribution in [-0.2, 0) is 4.79 Å². The number of hydrogen-bond donors (Lipinski definition) is 1. The van der Waals surface area contributed by atoms with Crippen LogP contribution in [-0.4, -0.2) is 22.4 Å². The van der Waals surface area contributed by atoms with Crippen molar-refractivity contribution in [2.24, 2.45) is 29.6 Å². The number of ketones is 1. The molecule has 0 aromatic rings. The number of fused-ring (bicyclic) bond motifs is 5. The third-order valence-electron chi connectivity index (χ3n) is 5.23. The second-order valence-electron chi connectivity index (χ2n) is 5.84. The fraction of sp³-hybridized carbons (Fsp3) is 0.923. The van der Waals surface area contributed by atoms with Crippen molar-refractivity contribution in [3.05, 3.63) is 0 Å². The Hall–Kier alpha value is -0.0800. The van der Waals surface area contributed by atoms with Crippen LogP contribution in [0.4, 0.5) is 0 Å². The van der Waals surface area contributed by atoms with Crippen molar-refractivity contribution >= 4 is 17.4 Å². The van der Waals surface area contributed by atoms with Gasteiger partial charge in [0.05, 0.1) is 6.10 Å². The van der Waals surface area contributed by atoms with E-state index in [9.17, 15) is 9.90 Å². The Bertz CT molecular complexity index is 315. The molecular formula is C13H19ClO2. The molecule has 0 aromatic carbocycles. The van der Waals surface area contributed by atoms with E-state index < -0.39 is 0 Å². The first-order valence-electron chi connectivity index (χ1n) is 6.46. The summed E-state index contributed by atoms with van der Waals surface area (Å²) in [6.45, 7) is 2.05. The maximum Gasteiger partial charge on any atom is 0.136 e. The van der Waals surface area contributed by atoms with Crippen LogP contribution in [0, 0.1) is 29.6 Å². The van der Waals surface area contributed by atoms with E-state index in [1.807, 2.05) is 6.92 Å². The number of rotatable bonds is 1. The van der Waals surface area contributed by atoms with Gasteiger partial charge in [-0.2, -0.15) is 0 Å². The quantitative estimate of drug-likeness (QED) is 0.716. The molecule has 3 aliphatic carbocycles. The summed E-state index contributed by atoms with van der Waals surface area (Å²) in [6, 6.07) is 0. The monoisotopic (exact) mass is 242 g/mol. The summed E-state index contributed by atoms with van der Waals surface area (Å²) < 4.78 is 0. The van der Waals surface area contributed by atoms with E-state index >= 15 is 0 Å². The summed E-state index contributed by atoms with van der Waals surface area (Å²) >= 11 is 6.28. The highest BCUT2D eigenvalue weighted by Crippen LogP contribution is 2.61. The molecule has 0 aromatic heterocycles. The minimum Gasteiger partial charge on any atom is -0.393 e. The zero-order chi connectivity index (χ0) is 11.4. The molecule has 3 aliphatic rings. The minimum absolute atomic E-state index is 0.133. The molecule has 3 fully saturated rings. The molecule has 3 saturated carbocycles. The maximum absolute atomic E-state index is 12.0.